The molecule has 2 aliphatic rings. The first-order valence-electron chi connectivity index (χ1n) is 9.31. The lowest BCUT2D eigenvalue weighted by Crippen LogP contribution is -2.23. The van der Waals surface area contributed by atoms with Gasteiger partial charge in [-0.1, -0.05) is 72.8 Å². The predicted octanol–water partition coefficient (Wildman–Crippen LogP) is 5.08. The van der Waals surface area contributed by atoms with E-state index >= 15 is 0 Å². The first-order valence-corrected chi connectivity index (χ1v) is 9.31. The van der Waals surface area contributed by atoms with Crippen LogP contribution in [0.15, 0.2) is 72.8 Å². The van der Waals surface area contributed by atoms with Crippen molar-refractivity contribution < 1.29 is 0 Å². The van der Waals surface area contributed by atoms with Gasteiger partial charge in [0, 0.05) is 6.42 Å². The van der Waals surface area contributed by atoms with Crippen LogP contribution in [0, 0.1) is 45.3 Å². The van der Waals surface area contributed by atoms with Crippen molar-refractivity contribution in [1.29, 1.82) is 21.0 Å². The summed E-state index contributed by atoms with van der Waals surface area (Å²) in [6.07, 6.45) is 6.89. The Morgan fingerprint density at radius 3 is 1.79 bits per heavy atom. The number of hydrogen-bond acceptors (Lipinski definition) is 4. The van der Waals surface area contributed by atoms with E-state index in [0.29, 0.717) is 24.0 Å². The molecule has 2 bridgehead atoms. The van der Waals surface area contributed by atoms with Gasteiger partial charge in [0.05, 0.1) is 24.3 Å². The van der Waals surface area contributed by atoms with Crippen molar-refractivity contribution in [3.63, 3.8) is 0 Å². The largest absolute Gasteiger partial charge is 0.196 e. The molecule has 138 valence electrons. The SMILES string of the molecule is N#CC1(C#N)C/C=C/C(c2ccccc2)=C\CCC(C#N)(C#N)c2ccc1cc2. The van der Waals surface area contributed by atoms with E-state index in [2.05, 4.69) is 24.3 Å². The zero-order chi connectivity index (χ0) is 20.7. The van der Waals surface area contributed by atoms with Crippen LogP contribution in [0.2, 0.25) is 0 Å². The Kier molecular flexibility index (Phi) is 5.60. The van der Waals surface area contributed by atoms with Gasteiger partial charge in [-0.25, -0.2) is 0 Å². The maximum Gasteiger partial charge on any atom is 0.172 e. The zero-order valence-corrected chi connectivity index (χ0v) is 15.8. The van der Waals surface area contributed by atoms with Crippen LogP contribution in [0.4, 0.5) is 0 Å². The molecule has 0 N–H and O–H groups in total. The van der Waals surface area contributed by atoms with Crippen LogP contribution in [0.3, 0.4) is 0 Å². The summed E-state index contributed by atoms with van der Waals surface area (Å²) in [5.74, 6) is 0. The first kappa shape index (κ1) is 19.6. The highest BCUT2D eigenvalue weighted by Gasteiger charge is 2.35. The van der Waals surface area contributed by atoms with Gasteiger partial charge in [-0.15, -0.1) is 0 Å². The van der Waals surface area contributed by atoms with E-state index in [-0.39, 0.29) is 6.42 Å². The predicted molar refractivity (Wildman–Crippen MR) is 110 cm³/mol. The minimum absolute atomic E-state index is 0.241. The summed E-state index contributed by atoms with van der Waals surface area (Å²) in [7, 11) is 0. The van der Waals surface area contributed by atoms with Gasteiger partial charge < -0.3 is 0 Å². The van der Waals surface area contributed by atoms with Crippen molar-refractivity contribution in [2.75, 3.05) is 0 Å². The maximum absolute atomic E-state index is 9.79. The van der Waals surface area contributed by atoms with E-state index in [9.17, 15) is 21.0 Å². The van der Waals surface area contributed by atoms with Gasteiger partial charge >= 0.3 is 0 Å². The zero-order valence-electron chi connectivity index (χ0n) is 15.8. The monoisotopic (exact) mass is 374 g/mol. The number of nitriles is 4. The standard InChI is InChI=1S/C25H18N4/c26-16-24(17-27)14-4-8-21(20-6-2-1-3-7-20)9-5-15-25(18-28,19-29)23-12-10-22(24)11-13-23/h1-4,6-13H,5,14-15H2/b8-4+,21-9+. The van der Waals surface area contributed by atoms with Crippen molar-refractivity contribution >= 4 is 5.57 Å². The summed E-state index contributed by atoms with van der Waals surface area (Å²) in [6.45, 7) is 0. The molecule has 0 atom stereocenters. The quantitative estimate of drug-likeness (QED) is 0.695. The first-order chi connectivity index (χ1) is 14.1. The average molecular weight is 374 g/mol. The van der Waals surface area contributed by atoms with Crippen molar-refractivity contribution in [3.05, 3.63) is 89.5 Å². The summed E-state index contributed by atoms with van der Waals surface area (Å²) in [4.78, 5) is 0. The Morgan fingerprint density at radius 1 is 0.690 bits per heavy atom. The second-order valence-corrected chi connectivity index (χ2v) is 7.01. The topological polar surface area (TPSA) is 95.2 Å². The molecule has 2 aromatic rings. The summed E-state index contributed by atoms with van der Waals surface area (Å²) >= 11 is 0. The number of hydrogen-bond donors (Lipinski definition) is 0. The minimum atomic E-state index is -1.33. The van der Waals surface area contributed by atoms with Gasteiger partial charge in [-0.05, 0) is 35.1 Å². The molecule has 4 heteroatoms. The third-order valence-electron chi connectivity index (χ3n) is 5.35. The maximum atomic E-state index is 9.79. The highest BCUT2D eigenvalue weighted by Crippen LogP contribution is 2.34. The average Bonchev–Trinajstić information content (AvgIpc) is 2.81. The molecule has 29 heavy (non-hydrogen) atoms. The van der Waals surface area contributed by atoms with E-state index in [1.54, 1.807) is 24.3 Å². The van der Waals surface area contributed by atoms with Crippen molar-refractivity contribution in [1.82, 2.24) is 0 Å². The molecule has 0 aliphatic heterocycles. The molecule has 0 saturated carbocycles. The van der Waals surface area contributed by atoms with Gasteiger partial charge in [0.1, 0.15) is 0 Å². The van der Waals surface area contributed by atoms with Crippen molar-refractivity contribution in [2.24, 2.45) is 0 Å². The van der Waals surface area contributed by atoms with E-state index in [0.717, 1.165) is 11.1 Å². The second kappa shape index (κ2) is 8.27. The van der Waals surface area contributed by atoms with Crippen molar-refractivity contribution in [3.8, 4) is 24.3 Å². The van der Waals surface area contributed by atoms with Gasteiger partial charge in [0.2, 0.25) is 0 Å². The Labute approximate surface area is 170 Å². The lowest BCUT2D eigenvalue weighted by atomic mass is 9.76. The highest BCUT2D eigenvalue weighted by atomic mass is 14.4. The normalized spacial score (nSPS) is 19.9. The molecule has 2 aromatic carbocycles. The fourth-order valence-electron chi connectivity index (χ4n) is 3.53. The number of rotatable bonds is 1. The summed E-state index contributed by atoms with van der Waals surface area (Å²) < 4.78 is 0. The van der Waals surface area contributed by atoms with Gasteiger partial charge in [-0.2, -0.15) is 21.0 Å². The Bertz CT molecular complexity index is 1080. The molecule has 0 amide bonds. The van der Waals surface area contributed by atoms with Crippen LogP contribution < -0.4 is 0 Å². The van der Waals surface area contributed by atoms with Crippen molar-refractivity contribution in [2.45, 2.75) is 30.1 Å². The smallest absolute Gasteiger partial charge is 0.172 e. The van der Waals surface area contributed by atoms with Gasteiger partial charge in [0.25, 0.3) is 0 Å². The lowest BCUT2D eigenvalue weighted by Gasteiger charge is -2.21. The second-order valence-electron chi connectivity index (χ2n) is 7.01. The van der Waals surface area contributed by atoms with Crippen LogP contribution in [0.25, 0.3) is 5.57 Å². The molecular weight excluding hydrogens is 356 g/mol. The number of nitrogens with zero attached hydrogens (tertiary/aromatic N) is 4. The molecule has 0 fully saturated rings. The molecule has 0 heterocycles. The Morgan fingerprint density at radius 2 is 1.24 bits per heavy atom. The van der Waals surface area contributed by atoms with E-state index in [1.807, 2.05) is 48.6 Å². The number of allylic oxidation sites excluding steroid dienone is 4. The van der Waals surface area contributed by atoms with Crippen LogP contribution >= 0.6 is 0 Å². The fourth-order valence-corrected chi connectivity index (χ4v) is 3.53. The Hall–Kier alpha value is -4.12. The van der Waals surface area contributed by atoms with Gasteiger partial charge in [-0.3, -0.25) is 0 Å². The molecule has 4 nitrogen and oxygen atoms in total. The molecular formula is C25H18N4. The third-order valence-corrected chi connectivity index (χ3v) is 5.35. The molecule has 0 aromatic heterocycles. The number of benzene rings is 2. The summed E-state index contributed by atoms with van der Waals surface area (Å²) in [5, 5.41) is 39.1. The summed E-state index contributed by atoms with van der Waals surface area (Å²) in [5.41, 5.74) is 0.464. The van der Waals surface area contributed by atoms with Crippen LogP contribution in [0.1, 0.15) is 36.0 Å². The van der Waals surface area contributed by atoms with E-state index in [1.165, 1.54) is 0 Å². The molecule has 4 rings (SSSR count). The fraction of sp³-hybridized carbons (Fsp3) is 0.200. The summed E-state index contributed by atoms with van der Waals surface area (Å²) in [6, 6.07) is 25.2. The molecule has 0 radical (unpaired) electrons. The van der Waals surface area contributed by atoms with E-state index < -0.39 is 10.8 Å². The van der Waals surface area contributed by atoms with Crippen LogP contribution in [-0.4, -0.2) is 0 Å². The molecule has 2 aliphatic carbocycles. The van der Waals surface area contributed by atoms with E-state index in [4.69, 9.17) is 0 Å². The highest BCUT2D eigenvalue weighted by molar-refractivity contribution is 5.74. The van der Waals surface area contributed by atoms with Crippen LogP contribution in [0.5, 0.6) is 0 Å². The minimum Gasteiger partial charge on any atom is -0.196 e. The molecule has 0 unspecified atom stereocenters. The Balaban J connectivity index is 2.17. The molecule has 0 saturated heterocycles. The lowest BCUT2D eigenvalue weighted by molar-refractivity contribution is 0.634. The van der Waals surface area contributed by atoms with Gasteiger partial charge in [0.15, 0.2) is 10.8 Å². The number of fused-ring (bicyclic) bond motifs is 8. The van der Waals surface area contributed by atoms with Crippen LogP contribution in [-0.2, 0) is 10.8 Å². The molecule has 0 spiro atoms. The third kappa shape index (κ3) is 3.66.